The van der Waals surface area contributed by atoms with Gasteiger partial charge in [0, 0.05) is 6.54 Å². The number of nitrogens with zero attached hydrogens (tertiary/aromatic N) is 3. The highest BCUT2D eigenvalue weighted by molar-refractivity contribution is 7.92. The Kier molecular flexibility index (Phi) is 6.78. The second-order valence-electron chi connectivity index (χ2n) is 7.75. The maximum absolute atomic E-state index is 13.4. The minimum Gasteiger partial charge on any atom is -0.462 e. The van der Waals surface area contributed by atoms with Crippen LogP contribution in [0.2, 0.25) is 0 Å². The zero-order valence-electron chi connectivity index (χ0n) is 18.9. The normalized spacial score (nSPS) is 11.7. The molecule has 10 heteroatoms. The monoisotopic (exact) mass is 484 g/mol. The average Bonchev–Trinajstić information content (AvgIpc) is 3.09. The Hall–Kier alpha value is -3.53. The molecule has 2 aromatic heterocycles. The molecule has 0 saturated carbocycles. The number of aromatic nitrogens is 3. The minimum absolute atomic E-state index is 0.00251. The SMILES string of the molecule is CCCCCn1c(NS(=O)(=O)c2ccc(F)cc2)c(C(=O)OCC)c2nc3ccccc3nc21. The third-order valence-corrected chi connectivity index (χ3v) is 6.73. The average molecular weight is 485 g/mol. The van der Waals surface area contributed by atoms with Gasteiger partial charge in [-0.25, -0.2) is 27.6 Å². The molecule has 0 aliphatic carbocycles. The van der Waals surface area contributed by atoms with E-state index in [0.29, 0.717) is 23.2 Å². The molecule has 34 heavy (non-hydrogen) atoms. The number of fused-ring (bicyclic) bond motifs is 2. The van der Waals surface area contributed by atoms with E-state index in [2.05, 4.69) is 16.6 Å². The third kappa shape index (κ3) is 4.58. The predicted octanol–water partition coefficient (Wildman–Crippen LogP) is 4.89. The lowest BCUT2D eigenvalue weighted by atomic mass is 10.2. The summed E-state index contributed by atoms with van der Waals surface area (Å²) in [4.78, 5) is 22.2. The zero-order valence-corrected chi connectivity index (χ0v) is 19.7. The summed E-state index contributed by atoms with van der Waals surface area (Å²) < 4.78 is 49.2. The first-order valence-electron chi connectivity index (χ1n) is 11.1. The number of carbonyl (C=O) groups excluding carboxylic acids is 1. The van der Waals surface area contributed by atoms with E-state index in [0.717, 1.165) is 43.5 Å². The van der Waals surface area contributed by atoms with Crippen LogP contribution in [0.3, 0.4) is 0 Å². The summed E-state index contributed by atoms with van der Waals surface area (Å²) in [7, 11) is -4.15. The van der Waals surface area contributed by atoms with E-state index in [1.165, 1.54) is 0 Å². The molecule has 0 unspecified atom stereocenters. The summed E-state index contributed by atoms with van der Waals surface area (Å²) in [6, 6.07) is 11.7. The van der Waals surface area contributed by atoms with Gasteiger partial charge in [0.05, 0.1) is 22.5 Å². The number of anilines is 1. The molecule has 0 radical (unpaired) electrons. The van der Waals surface area contributed by atoms with Crippen LogP contribution in [0.4, 0.5) is 10.2 Å². The molecular weight excluding hydrogens is 459 g/mol. The largest absolute Gasteiger partial charge is 0.462 e. The van der Waals surface area contributed by atoms with Crippen molar-refractivity contribution in [3.8, 4) is 0 Å². The Morgan fingerprint density at radius 3 is 2.35 bits per heavy atom. The van der Waals surface area contributed by atoms with Crippen LogP contribution in [0.1, 0.15) is 43.5 Å². The molecule has 1 N–H and O–H groups in total. The molecule has 8 nitrogen and oxygen atoms in total. The number of halogens is 1. The van der Waals surface area contributed by atoms with Crippen molar-refractivity contribution in [2.45, 2.75) is 44.6 Å². The number of sulfonamides is 1. The molecule has 0 bridgehead atoms. The van der Waals surface area contributed by atoms with Gasteiger partial charge in [0.15, 0.2) is 5.65 Å². The number of benzene rings is 2. The van der Waals surface area contributed by atoms with Crippen LogP contribution in [-0.2, 0) is 21.3 Å². The van der Waals surface area contributed by atoms with Crippen molar-refractivity contribution in [2.75, 3.05) is 11.3 Å². The molecule has 2 heterocycles. The quantitative estimate of drug-likeness (QED) is 0.268. The molecule has 0 aliphatic rings. The van der Waals surface area contributed by atoms with E-state index in [-0.39, 0.29) is 28.4 Å². The Labute approximate surface area is 196 Å². The Balaban J connectivity index is 1.96. The van der Waals surface area contributed by atoms with Gasteiger partial charge in [-0.2, -0.15) is 0 Å². The number of unbranched alkanes of at least 4 members (excludes halogenated alkanes) is 2. The van der Waals surface area contributed by atoms with Gasteiger partial charge in [-0.05, 0) is 49.7 Å². The van der Waals surface area contributed by atoms with Gasteiger partial charge >= 0.3 is 5.97 Å². The Morgan fingerprint density at radius 1 is 1.03 bits per heavy atom. The van der Waals surface area contributed by atoms with Crippen molar-refractivity contribution < 1.29 is 22.3 Å². The summed E-state index contributed by atoms with van der Waals surface area (Å²) in [6.45, 7) is 4.25. The standard InChI is InChI=1S/C24H25FN4O4S/c1-3-5-8-15-29-22(28-34(31,32)17-13-11-16(25)12-14-17)20(24(30)33-4-2)21-23(29)27-19-10-7-6-9-18(19)26-21/h6-7,9-14,28H,3-5,8,15H2,1-2H3. The van der Waals surface area contributed by atoms with Gasteiger partial charge in [0.1, 0.15) is 22.7 Å². The van der Waals surface area contributed by atoms with Crippen molar-refractivity contribution >= 4 is 44.0 Å². The highest BCUT2D eigenvalue weighted by Crippen LogP contribution is 2.32. The molecule has 0 amide bonds. The molecule has 4 aromatic rings. The van der Waals surface area contributed by atoms with Gasteiger partial charge in [-0.15, -0.1) is 0 Å². The van der Waals surface area contributed by atoms with Crippen LogP contribution in [0, 0.1) is 5.82 Å². The maximum atomic E-state index is 13.4. The summed E-state index contributed by atoms with van der Waals surface area (Å²) in [5, 5.41) is 0. The number of carbonyl (C=O) groups is 1. The number of ether oxygens (including phenoxy) is 1. The Bertz CT molecular complexity index is 1450. The van der Waals surface area contributed by atoms with E-state index in [9.17, 15) is 17.6 Å². The lowest BCUT2D eigenvalue weighted by Gasteiger charge is -2.14. The molecule has 4 rings (SSSR count). The highest BCUT2D eigenvalue weighted by atomic mass is 32.2. The van der Waals surface area contributed by atoms with E-state index < -0.39 is 21.8 Å². The number of hydrogen-bond acceptors (Lipinski definition) is 6. The number of aryl methyl sites for hydroxylation is 1. The number of para-hydroxylation sites is 2. The summed E-state index contributed by atoms with van der Waals surface area (Å²) in [6.07, 6.45) is 2.59. The minimum atomic E-state index is -4.15. The zero-order chi connectivity index (χ0) is 24.3. The first kappa shape index (κ1) is 23.6. The van der Waals surface area contributed by atoms with E-state index in [1.807, 2.05) is 12.1 Å². The number of nitrogens with one attached hydrogen (secondary N) is 1. The van der Waals surface area contributed by atoms with Gasteiger partial charge in [0.25, 0.3) is 10.0 Å². The molecule has 0 saturated heterocycles. The van der Waals surface area contributed by atoms with Crippen LogP contribution in [0.25, 0.3) is 22.2 Å². The molecular formula is C24H25FN4O4S. The van der Waals surface area contributed by atoms with Gasteiger partial charge in [-0.1, -0.05) is 31.9 Å². The molecule has 0 aliphatic heterocycles. The number of hydrogen-bond donors (Lipinski definition) is 1. The van der Waals surface area contributed by atoms with Crippen LogP contribution >= 0.6 is 0 Å². The topological polar surface area (TPSA) is 103 Å². The molecule has 0 atom stereocenters. The summed E-state index contributed by atoms with van der Waals surface area (Å²) in [5.41, 5.74) is 1.82. The van der Waals surface area contributed by atoms with Gasteiger partial charge in [-0.3, -0.25) is 4.72 Å². The summed E-state index contributed by atoms with van der Waals surface area (Å²) in [5.74, 6) is -1.23. The second-order valence-corrected chi connectivity index (χ2v) is 9.43. The van der Waals surface area contributed by atoms with Gasteiger partial charge < -0.3 is 9.30 Å². The maximum Gasteiger partial charge on any atom is 0.344 e. The fourth-order valence-corrected chi connectivity index (χ4v) is 4.82. The third-order valence-electron chi connectivity index (χ3n) is 5.37. The van der Waals surface area contributed by atoms with Crippen molar-refractivity contribution in [3.05, 3.63) is 59.9 Å². The van der Waals surface area contributed by atoms with E-state index >= 15 is 0 Å². The number of esters is 1. The van der Waals surface area contributed by atoms with Crippen LogP contribution < -0.4 is 4.72 Å². The fourth-order valence-electron chi connectivity index (χ4n) is 3.74. The fraction of sp³-hybridized carbons (Fsp3) is 0.292. The first-order valence-corrected chi connectivity index (χ1v) is 12.6. The van der Waals surface area contributed by atoms with E-state index in [1.54, 1.807) is 23.6 Å². The summed E-state index contributed by atoms with van der Waals surface area (Å²) >= 11 is 0. The lowest BCUT2D eigenvalue weighted by molar-refractivity contribution is 0.0529. The second kappa shape index (κ2) is 9.76. The van der Waals surface area contributed by atoms with Crippen LogP contribution in [0.5, 0.6) is 0 Å². The molecule has 0 spiro atoms. The lowest BCUT2D eigenvalue weighted by Crippen LogP contribution is -2.19. The van der Waals surface area contributed by atoms with Crippen molar-refractivity contribution in [1.82, 2.24) is 14.5 Å². The predicted molar refractivity (Wildman–Crippen MR) is 128 cm³/mol. The molecule has 2 aromatic carbocycles. The van der Waals surface area contributed by atoms with E-state index in [4.69, 9.17) is 9.72 Å². The van der Waals surface area contributed by atoms with Crippen molar-refractivity contribution in [2.24, 2.45) is 0 Å². The molecule has 0 fully saturated rings. The number of rotatable bonds is 9. The van der Waals surface area contributed by atoms with Gasteiger partial charge in [0.2, 0.25) is 0 Å². The molecule has 178 valence electrons. The highest BCUT2D eigenvalue weighted by Gasteiger charge is 2.29. The first-order chi connectivity index (χ1) is 16.4. The van der Waals surface area contributed by atoms with Crippen LogP contribution in [0.15, 0.2) is 53.4 Å². The van der Waals surface area contributed by atoms with Crippen molar-refractivity contribution in [1.29, 1.82) is 0 Å². The smallest absolute Gasteiger partial charge is 0.344 e. The van der Waals surface area contributed by atoms with Crippen LogP contribution in [-0.4, -0.2) is 35.5 Å². The van der Waals surface area contributed by atoms with Crippen molar-refractivity contribution in [3.63, 3.8) is 0 Å². The Morgan fingerprint density at radius 2 is 1.71 bits per heavy atom.